The van der Waals surface area contributed by atoms with Crippen molar-refractivity contribution in [3.8, 4) is 28.5 Å². The minimum Gasteiger partial charge on any atom is -0.325 e. The Kier molecular flexibility index (Phi) is 6.86. The first-order valence-corrected chi connectivity index (χ1v) is 11.2. The molecular formula is C26H18ClN3OS. The number of amides is 1. The number of carbonyl (C=O) groups excluding carboxylic acids is 1. The molecule has 0 aliphatic rings. The highest BCUT2D eigenvalue weighted by atomic mass is 35.5. The Balaban J connectivity index is 1.66. The number of pyridine rings is 1. The van der Waals surface area contributed by atoms with Crippen LogP contribution in [0.3, 0.4) is 0 Å². The van der Waals surface area contributed by atoms with Crippen LogP contribution in [0.2, 0.25) is 5.02 Å². The third-order valence-corrected chi connectivity index (χ3v) is 5.95. The molecule has 0 unspecified atom stereocenters. The van der Waals surface area contributed by atoms with Crippen LogP contribution >= 0.6 is 23.4 Å². The number of nitriles is 1. The first-order valence-electron chi connectivity index (χ1n) is 9.88. The van der Waals surface area contributed by atoms with Crippen molar-refractivity contribution in [1.29, 1.82) is 5.26 Å². The SMILES string of the molecule is N#Cc1c(-c2ccccc2)cc(-c2ccccc2)nc1SCC(=O)Nc1ccc(Cl)cc1. The molecule has 0 aliphatic carbocycles. The summed E-state index contributed by atoms with van der Waals surface area (Å²) in [4.78, 5) is 17.2. The van der Waals surface area contributed by atoms with Crippen LogP contribution in [0.1, 0.15) is 5.56 Å². The minimum absolute atomic E-state index is 0.122. The Labute approximate surface area is 195 Å². The molecule has 1 N–H and O–H groups in total. The summed E-state index contributed by atoms with van der Waals surface area (Å²) >= 11 is 7.15. The Hall–Kier alpha value is -3.59. The second kappa shape index (κ2) is 10.1. The van der Waals surface area contributed by atoms with Crippen molar-refractivity contribution in [2.75, 3.05) is 11.1 Å². The molecule has 4 nitrogen and oxygen atoms in total. The summed E-state index contributed by atoms with van der Waals surface area (Å²) in [5.74, 6) is -0.0639. The number of aromatic nitrogens is 1. The molecule has 0 saturated heterocycles. The summed E-state index contributed by atoms with van der Waals surface area (Å²) in [5.41, 5.74) is 4.54. The molecule has 4 rings (SSSR count). The van der Waals surface area contributed by atoms with E-state index in [2.05, 4.69) is 11.4 Å². The van der Waals surface area contributed by atoms with Crippen LogP contribution in [0, 0.1) is 11.3 Å². The van der Waals surface area contributed by atoms with Crippen molar-refractivity contribution < 1.29 is 4.79 Å². The molecular weight excluding hydrogens is 438 g/mol. The zero-order valence-corrected chi connectivity index (χ0v) is 18.5. The number of halogens is 1. The lowest BCUT2D eigenvalue weighted by molar-refractivity contribution is -0.113. The normalized spacial score (nSPS) is 10.4. The van der Waals surface area contributed by atoms with Crippen LogP contribution in [-0.4, -0.2) is 16.6 Å². The molecule has 0 bridgehead atoms. The molecule has 0 aliphatic heterocycles. The zero-order chi connectivity index (χ0) is 22.3. The topological polar surface area (TPSA) is 65.8 Å². The van der Waals surface area contributed by atoms with Gasteiger partial charge in [-0.1, -0.05) is 84.0 Å². The van der Waals surface area contributed by atoms with Gasteiger partial charge in [-0.05, 0) is 35.9 Å². The Morgan fingerprint density at radius 1 is 0.938 bits per heavy atom. The molecule has 6 heteroatoms. The number of carbonyl (C=O) groups is 1. The standard InChI is InChI=1S/C26H18ClN3OS/c27-20-11-13-21(14-12-20)29-25(31)17-32-26-23(16-28)22(18-7-3-1-4-8-18)15-24(30-26)19-9-5-2-6-10-19/h1-15H,17H2,(H,29,31). The molecule has 0 atom stereocenters. The Bertz CT molecular complexity index is 1270. The van der Waals surface area contributed by atoms with Gasteiger partial charge in [0.05, 0.1) is 17.0 Å². The number of nitrogens with one attached hydrogen (secondary N) is 1. The van der Waals surface area contributed by atoms with Gasteiger partial charge in [0, 0.05) is 21.8 Å². The summed E-state index contributed by atoms with van der Waals surface area (Å²) in [6, 6.07) is 30.7. The third-order valence-electron chi connectivity index (χ3n) is 4.72. The summed E-state index contributed by atoms with van der Waals surface area (Å²) in [7, 11) is 0. The van der Waals surface area contributed by atoms with Gasteiger partial charge in [0.2, 0.25) is 5.91 Å². The molecule has 32 heavy (non-hydrogen) atoms. The highest BCUT2D eigenvalue weighted by Gasteiger charge is 2.17. The lowest BCUT2D eigenvalue weighted by Crippen LogP contribution is -2.14. The molecule has 4 aromatic rings. The van der Waals surface area contributed by atoms with E-state index < -0.39 is 0 Å². The van der Waals surface area contributed by atoms with Gasteiger partial charge in [0.1, 0.15) is 11.1 Å². The number of benzene rings is 3. The van der Waals surface area contributed by atoms with E-state index in [1.807, 2.05) is 66.7 Å². The summed E-state index contributed by atoms with van der Waals surface area (Å²) in [6.07, 6.45) is 0. The lowest BCUT2D eigenvalue weighted by Gasteiger charge is -2.13. The maximum Gasteiger partial charge on any atom is 0.234 e. The van der Waals surface area contributed by atoms with Crippen molar-refractivity contribution in [3.05, 3.63) is 102 Å². The molecule has 0 radical (unpaired) electrons. The smallest absolute Gasteiger partial charge is 0.234 e. The van der Waals surface area contributed by atoms with E-state index in [9.17, 15) is 10.1 Å². The second-order valence-electron chi connectivity index (χ2n) is 6.92. The number of thioether (sulfide) groups is 1. The fraction of sp³-hybridized carbons (Fsp3) is 0.0385. The van der Waals surface area contributed by atoms with Crippen molar-refractivity contribution in [2.24, 2.45) is 0 Å². The first-order chi connectivity index (χ1) is 15.6. The van der Waals surface area contributed by atoms with E-state index >= 15 is 0 Å². The van der Waals surface area contributed by atoms with Gasteiger partial charge in [-0.3, -0.25) is 4.79 Å². The predicted octanol–water partition coefficient (Wildman–Crippen LogP) is 6.67. The highest BCUT2D eigenvalue weighted by molar-refractivity contribution is 8.00. The maximum atomic E-state index is 12.5. The number of hydrogen-bond acceptors (Lipinski definition) is 4. The van der Waals surface area contributed by atoms with Gasteiger partial charge < -0.3 is 5.32 Å². The molecule has 0 fully saturated rings. The van der Waals surface area contributed by atoms with Crippen molar-refractivity contribution >= 4 is 35.0 Å². The van der Waals surface area contributed by atoms with E-state index in [0.29, 0.717) is 21.3 Å². The third kappa shape index (κ3) is 5.17. The quantitative estimate of drug-likeness (QED) is 0.329. The molecule has 0 saturated carbocycles. The van der Waals surface area contributed by atoms with Crippen LogP contribution in [0.15, 0.2) is 96.0 Å². The lowest BCUT2D eigenvalue weighted by atomic mass is 9.99. The van der Waals surface area contributed by atoms with E-state index in [1.54, 1.807) is 24.3 Å². The zero-order valence-electron chi connectivity index (χ0n) is 17.0. The summed E-state index contributed by atoms with van der Waals surface area (Å²) in [5, 5.41) is 13.9. The van der Waals surface area contributed by atoms with Gasteiger partial charge in [0.15, 0.2) is 0 Å². The molecule has 156 valence electrons. The summed E-state index contributed by atoms with van der Waals surface area (Å²) in [6.45, 7) is 0. The maximum absolute atomic E-state index is 12.5. The molecule has 1 amide bonds. The highest BCUT2D eigenvalue weighted by Crippen LogP contribution is 2.34. The number of hydrogen-bond donors (Lipinski definition) is 1. The van der Waals surface area contributed by atoms with E-state index in [4.69, 9.17) is 16.6 Å². The molecule has 1 aromatic heterocycles. The fourth-order valence-electron chi connectivity index (χ4n) is 3.20. The molecule has 1 heterocycles. The van der Waals surface area contributed by atoms with Crippen molar-refractivity contribution in [3.63, 3.8) is 0 Å². The first kappa shape index (κ1) is 21.6. The minimum atomic E-state index is -0.186. The van der Waals surface area contributed by atoms with Crippen LogP contribution < -0.4 is 5.32 Å². The number of nitrogens with zero attached hydrogens (tertiary/aromatic N) is 2. The average molecular weight is 456 g/mol. The average Bonchev–Trinajstić information content (AvgIpc) is 2.84. The fourth-order valence-corrected chi connectivity index (χ4v) is 4.13. The van der Waals surface area contributed by atoms with Crippen molar-refractivity contribution in [1.82, 2.24) is 4.98 Å². The summed E-state index contributed by atoms with van der Waals surface area (Å²) < 4.78 is 0. The van der Waals surface area contributed by atoms with Gasteiger partial charge in [-0.25, -0.2) is 4.98 Å². The largest absolute Gasteiger partial charge is 0.325 e. The van der Waals surface area contributed by atoms with Crippen LogP contribution in [0.25, 0.3) is 22.4 Å². The predicted molar refractivity (Wildman–Crippen MR) is 131 cm³/mol. The van der Waals surface area contributed by atoms with Crippen molar-refractivity contribution in [2.45, 2.75) is 5.03 Å². The molecule has 3 aromatic carbocycles. The van der Waals surface area contributed by atoms with Crippen LogP contribution in [0.5, 0.6) is 0 Å². The monoisotopic (exact) mass is 455 g/mol. The van der Waals surface area contributed by atoms with Crippen LogP contribution in [-0.2, 0) is 4.79 Å². The van der Waals surface area contributed by atoms with E-state index in [-0.39, 0.29) is 11.7 Å². The van der Waals surface area contributed by atoms with Gasteiger partial charge >= 0.3 is 0 Å². The van der Waals surface area contributed by atoms with Gasteiger partial charge in [0.25, 0.3) is 0 Å². The Morgan fingerprint density at radius 3 is 2.19 bits per heavy atom. The number of anilines is 1. The van der Waals surface area contributed by atoms with E-state index in [1.165, 1.54) is 11.8 Å². The Morgan fingerprint density at radius 2 is 1.56 bits per heavy atom. The number of rotatable bonds is 6. The van der Waals surface area contributed by atoms with E-state index in [0.717, 1.165) is 22.4 Å². The second-order valence-corrected chi connectivity index (χ2v) is 8.32. The van der Waals surface area contributed by atoms with Crippen LogP contribution in [0.4, 0.5) is 5.69 Å². The van der Waals surface area contributed by atoms with Gasteiger partial charge in [-0.15, -0.1) is 0 Å². The molecule has 0 spiro atoms. The van der Waals surface area contributed by atoms with Gasteiger partial charge in [-0.2, -0.15) is 5.26 Å².